The van der Waals surface area contributed by atoms with Crippen LogP contribution in [0.5, 0.6) is 11.5 Å². The minimum Gasteiger partial charge on any atom is -0.454 e. The van der Waals surface area contributed by atoms with Gasteiger partial charge < -0.3 is 19.5 Å². The van der Waals surface area contributed by atoms with Gasteiger partial charge in [0, 0.05) is 25.8 Å². The Hall–Kier alpha value is -2.48. The third kappa shape index (κ3) is 4.25. The topological polar surface area (TPSA) is 97.9 Å². The van der Waals surface area contributed by atoms with Gasteiger partial charge in [0.1, 0.15) is 0 Å². The van der Waals surface area contributed by atoms with E-state index < -0.39 is 11.9 Å². The van der Waals surface area contributed by atoms with Crippen LogP contribution in [0.1, 0.15) is 16.8 Å². The number of hydrogen-bond acceptors (Lipinski definition) is 5. The number of carbonyl (C=O) groups excluding carboxylic acids is 2. The van der Waals surface area contributed by atoms with Crippen LogP contribution in [0.2, 0.25) is 0 Å². The molecule has 0 atom stereocenters. The van der Waals surface area contributed by atoms with Crippen molar-refractivity contribution < 1.29 is 23.8 Å². The maximum atomic E-state index is 11.9. The van der Waals surface area contributed by atoms with Crippen LogP contribution in [0, 0.1) is 0 Å². The number of amides is 3. The lowest BCUT2D eigenvalue weighted by molar-refractivity contribution is 0.0935. The Morgan fingerprint density at radius 3 is 2.86 bits per heavy atom. The van der Waals surface area contributed by atoms with E-state index in [2.05, 4.69) is 16.2 Å². The summed E-state index contributed by atoms with van der Waals surface area (Å²) in [5, 5.41) is 2.58. The molecule has 2 rings (SSSR count). The molecule has 1 aliphatic rings. The molecule has 0 saturated carbocycles. The van der Waals surface area contributed by atoms with E-state index in [0.717, 1.165) is 0 Å². The lowest BCUT2D eigenvalue weighted by Crippen LogP contribution is -2.47. The lowest BCUT2D eigenvalue weighted by Gasteiger charge is -2.09. The van der Waals surface area contributed by atoms with Crippen LogP contribution < -0.4 is 25.6 Å². The zero-order chi connectivity index (χ0) is 15.1. The molecule has 0 radical (unpaired) electrons. The van der Waals surface area contributed by atoms with E-state index in [9.17, 15) is 9.59 Å². The van der Waals surface area contributed by atoms with Gasteiger partial charge in [-0.2, -0.15) is 0 Å². The highest BCUT2D eigenvalue weighted by Crippen LogP contribution is 2.32. The van der Waals surface area contributed by atoms with E-state index in [4.69, 9.17) is 14.2 Å². The molecule has 1 aliphatic heterocycles. The lowest BCUT2D eigenvalue weighted by atomic mass is 10.2. The van der Waals surface area contributed by atoms with Crippen LogP contribution in [-0.2, 0) is 4.74 Å². The van der Waals surface area contributed by atoms with Crippen molar-refractivity contribution in [1.29, 1.82) is 0 Å². The van der Waals surface area contributed by atoms with Gasteiger partial charge in [-0.25, -0.2) is 10.2 Å². The summed E-state index contributed by atoms with van der Waals surface area (Å²) in [6, 6.07) is 4.29. The predicted octanol–water partition coefficient (Wildman–Crippen LogP) is 0.396. The van der Waals surface area contributed by atoms with Crippen LogP contribution in [0.4, 0.5) is 4.79 Å². The standard InChI is InChI=1S/C13H17N3O5/c1-19-6-2-5-14-13(18)16-15-12(17)9-3-4-10-11(7-9)21-8-20-10/h3-4,7H,2,5-6,8H2,1H3,(H,15,17)(H2,14,16,18). The van der Waals surface area contributed by atoms with E-state index in [-0.39, 0.29) is 6.79 Å². The van der Waals surface area contributed by atoms with Gasteiger partial charge >= 0.3 is 6.03 Å². The molecule has 3 N–H and O–H groups in total. The normalized spacial score (nSPS) is 11.9. The van der Waals surface area contributed by atoms with E-state index in [0.29, 0.717) is 36.6 Å². The SMILES string of the molecule is COCCCNC(=O)NNC(=O)c1ccc2c(c1)OCO2. The van der Waals surface area contributed by atoms with Crippen LogP contribution in [0.25, 0.3) is 0 Å². The maximum absolute atomic E-state index is 11.9. The van der Waals surface area contributed by atoms with Gasteiger partial charge in [-0.1, -0.05) is 0 Å². The number of fused-ring (bicyclic) bond motifs is 1. The third-order valence-corrected chi connectivity index (χ3v) is 2.74. The first kappa shape index (κ1) is 14.9. The molecule has 21 heavy (non-hydrogen) atoms. The number of carbonyl (C=O) groups is 2. The Balaban J connectivity index is 1.75. The molecule has 1 aromatic carbocycles. The molecule has 0 bridgehead atoms. The Labute approximate surface area is 121 Å². The molecule has 0 unspecified atom stereocenters. The number of urea groups is 1. The molecule has 3 amide bonds. The second kappa shape index (κ2) is 7.34. The molecular weight excluding hydrogens is 278 g/mol. The van der Waals surface area contributed by atoms with Gasteiger partial charge in [0.05, 0.1) is 0 Å². The second-order valence-corrected chi connectivity index (χ2v) is 4.25. The van der Waals surface area contributed by atoms with Crippen molar-refractivity contribution in [2.24, 2.45) is 0 Å². The van der Waals surface area contributed by atoms with Crippen molar-refractivity contribution in [2.75, 3.05) is 27.1 Å². The Kier molecular flexibility index (Phi) is 5.22. The molecular formula is C13H17N3O5. The number of methoxy groups -OCH3 is 1. The molecule has 114 valence electrons. The predicted molar refractivity (Wildman–Crippen MR) is 73.1 cm³/mol. The first-order valence-corrected chi connectivity index (χ1v) is 6.43. The van der Waals surface area contributed by atoms with Gasteiger partial charge in [0.15, 0.2) is 11.5 Å². The Morgan fingerprint density at radius 2 is 2.05 bits per heavy atom. The van der Waals surface area contributed by atoms with Crippen molar-refractivity contribution >= 4 is 11.9 Å². The summed E-state index contributed by atoms with van der Waals surface area (Å²) in [5.74, 6) is 0.655. The fourth-order valence-corrected chi connectivity index (χ4v) is 1.69. The summed E-state index contributed by atoms with van der Waals surface area (Å²) in [7, 11) is 1.59. The summed E-state index contributed by atoms with van der Waals surface area (Å²) < 4.78 is 15.2. The van der Waals surface area contributed by atoms with Gasteiger partial charge in [-0.15, -0.1) is 0 Å². The van der Waals surface area contributed by atoms with Crippen molar-refractivity contribution in [3.63, 3.8) is 0 Å². The quantitative estimate of drug-likeness (QED) is 0.539. The molecule has 0 spiro atoms. The minimum atomic E-state index is -0.486. The summed E-state index contributed by atoms with van der Waals surface area (Å²) in [6.45, 7) is 1.16. The number of rotatable bonds is 5. The van der Waals surface area contributed by atoms with Gasteiger partial charge in [-0.05, 0) is 24.6 Å². The first-order chi connectivity index (χ1) is 10.2. The number of benzene rings is 1. The van der Waals surface area contributed by atoms with Crippen molar-refractivity contribution in [1.82, 2.24) is 16.2 Å². The summed E-state index contributed by atoms with van der Waals surface area (Å²) in [4.78, 5) is 23.3. The van der Waals surface area contributed by atoms with E-state index in [1.165, 1.54) is 0 Å². The number of hydrogen-bond donors (Lipinski definition) is 3. The summed E-state index contributed by atoms with van der Waals surface area (Å²) >= 11 is 0. The zero-order valence-corrected chi connectivity index (χ0v) is 11.6. The summed E-state index contributed by atoms with van der Waals surface area (Å²) in [6.07, 6.45) is 0.694. The second-order valence-electron chi connectivity index (χ2n) is 4.25. The maximum Gasteiger partial charge on any atom is 0.333 e. The van der Waals surface area contributed by atoms with Gasteiger partial charge in [0.2, 0.25) is 6.79 Å². The summed E-state index contributed by atoms with van der Waals surface area (Å²) in [5.41, 5.74) is 4.93. The van der Waals surface area contributed by atoms with E-state index >= 15 is 0 Å². The van der Waals surface area contributed by atoms with Gasteiger partial charge in [-0.3, -0.25) is 10.2 Å². The molecule has 8 heteroatoms. The fourth-order valence-electron chi connectivity index (χ4n) is 1.69. The molecule has 0 aliphatic carbocycles. The molecule has 1 aromatic rings. The molecule has 1 heterocycles. The molecule has 0 fully saturated rings. The smallest absolute Gasteiger partial charge is 0.333 e. The third-order valence-electron chi connectivity index (χ3n) is 2.74. The average molecular weight is 295 g/mol. The molecule has 8 nitrogen and oxygen atoms in total. The van der Waals surface area contributed by atoms with Crippen LogP contribution in [0.15, 0.2) is 18.2 Å². The largest absolute Gasteiger partial charge is 0.454 e. The van der Waals surface area contributed by atoms with Crippen LogP contribution in [0.3, 0.4) is 0 Å². The average Bonchev–Trinajstić information content (AvgIpc) is 2.96. The van der Waals surface area contributed by atoms with E-state index in [1.54, 1.807) is 25.3 Å². The van der Waals surface area contributed by atoms with Crippen molar-refractivity contribution in [3.8, 4) is 11.5 Å². The molecule has 0 saturated heterocycles. The fraction of sp³-hybridized carbons (Fsp3) is 0.385. The minimum absolute atomic E-state index is 0.141. The number of nitrogens with one attached hydrogen (secondary N) is 3. The highest BCUT2D eigenvalue weighted by molar-refractivity contribution is 5.95. The highest BCUT2D eigenvalue weighted by atomic mass is 16.7. The Morgan fingerprint density at radius 1 is 1.24 bits per heavy atom. The first-order valence-electron chi connectivity index (χ1n) is 6.43. The highest BCUT2D eigenvalue weighted by Gasteiger charge is 2.16. The van der Waals surface area contributed by atoms with Crippen LogP contribution in [-0.4, -0.2) is 39.0 Å². The van der Waals surface area contributed by atoms with Crippen molar-refractivity contribution in [2.45, 2.75) is 6.42 Å². The Bertz CT molecular complexity index is 521. The zero-order valence-electron chi connectivity index (χ0n) is 11.6. The number of hydrazine groups is 1. The van der Waals surface area contributed by atoms with Crippen molar-refractivity contribution in [3.05, 3.63) is 23.8 Å². The number of ether oxygens (including phenoxy) is 3. The molecule has 0 aromatic heterocycles. The monoisotopic (exact) mass is 295 g/mol. The van der Waals surface area contributed by atoms with E-state index in [1.807, 2.05) is 0 Å². The van der Waals surface area contributed by atoms with Crippen LogP contribution >= 0.6 is 0 Å². The van der Waals surface area contributed by atoms with Gasteiger partial charge in [0.25, 0.3) is 5.91 Å².